The average Bonchev–Trinajstić information content (AvgIpc) is 2.18. The van der Waals surface area contributed by atoms with Crippen LogP contribution in [0.15, 0.2) is 18.3 Å². The third-order valence-electron chi connectivity index (χ3n) is 1.79. The molecule has 0 amide bonds. The monoisotopic (exact) mass is 194 g/mol. The number of carbonyl (C=O) groups is 1. The van der Waals surface area contributed by atoms with Gasteiger partial charge in [0.05, 0.1) is 12.3 Å². The van der Waals surface area contributed by atoms with Gasteiger partial charge in [0.2, 0.25) is 0 Å². The normalized spacial score (nSPS) is 12.2. The topological polar surface area (TPSA) is 65.2 Å². The molecule has 0 radical (unpaired) electrons. The highest BCUT2D eigenvalue weighted by Crippen LogP contribution is 2.09. The van der Waals surface area contributed by atoms with Crippen molar-refractivity contribution in [3.63, 3.8) is 0 Å². The lowest BCUT2D eigenvalue weighted by atomic mass is 10.2. The lowest BCUT2D eigenvalue weighted by Crippen LogP contribution is -2.24. The molecule has 76 valence electrons. The minimum Gasteiger partial charge on any atom is -0.465 e. The maximum Gasteiger partial charge on any atom is 0.329 e. The fourth-order valence-corrected chi connectivity index (χ4v) is 1.02. The standard InChI is InChI=1S/C10H14N2O2/c1-3-14-10(13)9(11)8-5-4-7(2)6-12-8/h4-6,9H,3,11H2,1-2H3. The Labute approximate surface area is 83.1 Å². The summed E-state index contributed by atoms with van der Waals surface area (Å²) in [5.74, 6) is -0.441. The predicted molar refractivity (Wildman–Crippen MR) is 52.5 cm³/mol. The van der Waals surface area contributed by atoms with Crippen molar-refractivity contribution < 1.29 is 9.53 Å². The van der Waals surface area contributed by atoms with Crippen LogP contribution in [-0.4, -0.2) is 17.6 Å². The summed E-state index contributed by atoms with van der Waals surface area (Å²) < 4.78 is 4.78. The minimum absolute atomic E-state index is 0.332. The van der Waals surface area contributed by atoms with E-state index in [1.165, 1.54) is 0 Å². The molecule has 1 aromatic heterocycles. The number of nitrogens with two attached hydrogens (primary N) is 1. The molecule has 0 saturated heterocycles. The second-order valence-corrected chi connectivity index (χ2v) is 2.99. The number of esters is 1. The van der Waals surface area contributed by atoms with Crippen molar-refractivity contribution in [2.24, 2.45) is 5.73 Å². The van der Waals surface area contributed by atoms with E-state index < -0.39 is 12.0 Å². The third kappa shape index (κ3) is 2.53. The summed E-state index contributed by atoms with van der Waals surface area (Å²) in [4.78, 5) is 15.3. The minimum atomic E-state index is -0.782. The molecule has 0 saturated carbocycles. The maximum atomic E-state index is 11.2. The van der Waals surface area contributed by atoms with E-state index in [2.05, 4.69) is 4.98 Å². The van der Waals surface area contributed by atoms with Crippen LogP contribution >= 0.6 is 0 Å². The Bertz CT molecular complexity index is 308. The summed E-state index contributed by atoms with van der Waals surface area (Å²) in [5, 5.41) is 0. The second kappa shape index (κ2) is 4.72. The first-order chi connectivity index (χ1) is 6.65. The van der Waals surface area contributed by atoms with Gasteiger partial charge in [-0.3, -0.25) is 4.98 Å². The summed E-state index contributed by atoms with van der Waals surface area (Å²) in [6, 6.07) is 2.81. The lowest BCUT2D eigenvalue weighted by Gasteiger charge is -2.09. The molecular weight excluding hydrogens is 180 g/mol. The molecule has 1 rings (SSSR count). The van der Waals surface area contributed by atoms with Crippen LogP contribution in [0.5, 0.6) is 0 Å². The van der Waals surface area contributed by atoms with Crippen LogP contribution in [0.1, 0.15) is 24.2 Å². The molecule has 0 spiro atoms. The Hall–Kier alpha value is -1.42. The first kappa shape index (κ1) is 10.7. The van der Waals surface area contributed by atoms with E-state index in [1.54, 1.807) is 19.2 Å². The molecule has 4 heteroatoms. The number of aromatic nitrogens is 1. The van der Waals surface area contributed by atoms with Crippen molar-refractivity contribution >= 4 is 5.97 Å². The van der Waals surface area contributed by atoms with Crippen molar-refractivity contribution in [2.45, 2.75) is 19.9 Å². The van der Waals surface area contributed by atoms with Gasteiger partial charge >= 0.3 is 5.97 Å². The third-order valence-corrected chi connectivity index (χ3v) is 1.79. The van der Waals surface area contributed by atoms with Gasteiger partial charge < -0.3 is 10.5 Å². The highest BCUT2D eigenvalue weighted by Gasteiger charge is 2.17. The molecule has 0 bridgehead atoms. The molecule has 0 aliphatic carbocycles. The molecule has 1 unspecified atom stereocenters. The first-order valence-corrected chi connectivity index (χ1v) is 4.50. The van der Waals surface area contributed by atoms with E-state index in [9.17, 15) is 4.79 Å². The molecule has 0 aliphatic heterocycles. The fraction of sp³-hybridized carbons (Fsp3) is 0.400. The first-order valence-electron chi connectivity index (χ1n) is 4.50. The predicted octanol–water partition coefficient (Wildman–Crippen LogP) is 0.953. The Balaban J connectivity index is 2.73. The number of nitrogens with zero attached hydrogens (tertiary/aromatic N) is 1. The van der Waals surface area contributed by atoms with E-state index in [4.69, 9.17) is 10.5 Å². The molecule has 1 aromatic rings. The van der Waals surface area contributed by atoms with Crippen molar-refractivity contribution in [3.05, 3.63) is 29.6 Å². The highest BCUT2D eigenvalue weighted by atomic mass is 16.5. The summed E-state index contributed by atoms with van der Waals surface area (Å²) in [6.45, 7) is 4.00. The van der Waals surface area contributed by atoms with E-state index in [0.717, 1.165) is 5.56 Å². The number of hydrogen-bond donors (Lipinski definition) is 1. The number of hydrogen-bond acceptors (Lipinski definition) is 4. The zero-order valence-electron chi connectivity index (χ0n) is 8.36. The van der Waals surface area contributed by atoms with Crippen LogP contribution in [0, 0.1) is 6.92 Å². The summed E-state index contributed by atoms with van der Waals surface area (Å²) >= 11 is 0. The smallest absolute Gasteiger partial charge is 0.329 e. The van der Waals surface area contributed by atoms with Gasteiger partial charge in [-0.05, 0) is 25.5 Å². The zero-order valence-corrected chi connectivity index (χ0v) is 8.36. The highest BCUT2D eigenvalue weighted by molar-refractivity contribution is 5.76. The van der Waals surface area contributed by atoms with Gasteiger partial charge in [0, 0.05) is 6.20 Å². The molecule has 4 nitrogen and oxygen atoms in total. The van der Waals surface area contributed by atoms with Crippen LogP contribution in [0.4, 0.5) is 0 Å². The second-order valence-electron chi connectivity index (χ2n) is 2.99. The molecule has 0 fully saturated rings. The lowest BCUT2D eigenvalue weighted by molar-refractivity contribution is -0.144. The van der Waals surface area contributed by atoms with Crippen LogP contribution in [0.2, 0.25) is 0 Å². The Morgan fingerprint density at radius 2 is 2.36 bits per heavy atom. The van der Waals surface area contributed by atoms with Crippen LogP contribution in [0.25, 0.3) is 0 Å². The SMILES string of the molecule is CCOC(=O)C(N)c1ccc(C)cn1. The van der Waals surface area contributed by atoms with Crippen molar-refractivity contribution in [1.82, 2.24) is 4.98 Å². The Kier molecular flexibility index (Phi) is 3.59. The van der Waals surface area contributed by atoms with Gasteiger partial charge in [-0.25, -0.2) is 4.79 Å². The van der Waals surface area contributed by atoms with Crippen LogP contribution < -0.4 is 5.73 Å². The number of rotatable bonds is 3. The van der Waals surface area contributed by atoms with Crippen LogP contribution in [0.3, 0.4) is 0 Å². The summed E-state index contributed by atoms with van der Waals surface area (Å²) in [5.41, 5.74) is 7.21. The van der Waals surface area contributed by atoms with Gasteiger partial charge in [-0.1, -0.05) is 6.07 Å². The van der Waals surface area contributed by atoms with Gasteiger partial charge in [-0.15, -0.1) is 0 Å². The molecule has 1 atom stereocenters. The number of ether oxygens (including phenoxy) is 1. The molecular formula is C10H14N2O2. The Morgan fingerprint density at radius 3 is 2.86 bits per heavy atom. The molecule has 0 aliphatic rings. The summed E-state index contributed by atoms with van der Waals surface area (Å²) in [6.07, 6.45) is 1.68. The largest absolute Gasteiger partial charge is 0.465 e. The van der Waals surface area contributed by atoms with E-state index in [-0.39, 0.29) is 0 Å². The molecule has 14 heavy (non-hydrogen) atoms. The number of pyridine rings is 1. The van der Waals surface area contributed by atoms with Gasteiger partial charge in [-0.2, -0.15) is 0 Å². The number of aryl methyl sites for hydroxylation is 1. The van der Waals surface area contributed by atoms with Gasteiger partial charge in [0.25, 0.3) is 0 Å². The van der Waals surface area contributed by atoms with E-state index in [1.807, 2.05) is 13.0 Å². The van der Waals surface area contributed by atoms with Gasteiger partial charge in [0.15, 0.2) is 0 Å². The van der Waals surface area contributed by atoms with Crippen molar-refractivity contribution in [2.75, 3.05) is 6.61 Å². The molecule has 1 heterocycles. The van der Waals surface area contributed by atoms with Crippen molar-refractivity contribution in [3.8, 4) is 0 Å². The zero-order chi connectivity index (χ0) is 10.6. The van der Waals surface area contributed by atoms with E-state index >= 15 is 0 Å². The Morgan fingerprint density at radius 1 is 1.64 bits per heavy atom. The van der Waals surface area contributed by atoms with Crippen molar-refractivity contribution in [1.29, 1.82) is 0 Å². The summed E-state index contributed by atoms with van der Waals surface area (Å²) in [7, 11) is 0. The maximum absolute atomic E-state index is 11.2. The molecule has 0 aromatic carbocycles. The van der Waals surface area contributed by atoms with Gasteiger partial charge in [0.1, 0.15) is 6.04 Å². The molecule has 2 N–H and O–H groups in total. The number of carbonyl (C=O) groups excluding carboxylic acids is 1. The van der Waals surface area contributed by atoms with E-state index in [0.29, 0.717) is 12.3 Å². The average molecular weight is 194 g/mol. The quantitative estimate of drug-likeness (QED) is 0.727. The fourth-order valence-electron chi connectivity index (χ4n) is 1.02. The van der Waals surface area contributed by atoms with Crippen LogP contribution in [-0.2, 0) is 9.53 Å².